The molecule has 5 aromatic rings. The van der Waals surface area contributed by atoms with Crippen LogP contribution in [-0.2, 0) is 17.8 Å². The van der Waals surface area contributed by atoms with E-state index in [0.717, 1.165) is 73.1 Å². The second-order valence-corrected chi connectivity index (χ2v) is 14.0. The lowest BCUT2D eigenvalue weighted by atomic mass is 9.75. The summed E-state index contributed by atoms with van der Waals surface area (Å²) in [5.74, 6) is 1.11. The number of nitrogens with one attached hydrogen (secondary N) is 2. The third-order valence-corrected chi connectivity index (χ3v) is 10.8. The maximum Gasteiger partial charge on any atom is 0.393 e. The first-order chi connectivity index (χ1) is 23.6. The summed E-state index contributed by atoms with van der Waals surface area (Å²) in [4.78, 5) is 27.7. The quantitative estimate of drug-likeness (QED) is 0.154. The molecule has 49 heavy (non-hydrogen) atoms. The number of benzene rings is 1. The number of pyridine rings is 1. The number of carbonyl (C=O) groups excluding carboxylic acids is 1. The van der Waals surface area contributed by atoms with E-state index in [2.05, 4.69) is 66.8 Å². The van der Waals surface area contributed by atoms with Crippen LogP contribution in [0.25, 0.3) is 21.1 Å². The Bertz CT molecular complexity index is 2080. The summed E-state index contributed by atoms with van der Waals surface area (Å²) < 4.78 is 41.1. The van der Waals surface area contributed by atoms with E-state index in [1.54, 1.807) is 12.3 Å². The van der Waals surface area contributed by atoms with E-state index < -0.39 is 12.6 Å². The first-order valence-corrected chi connectivity index (χ1v) is 17.1. The SMILES string of the molecule is C=CC(=O)Nc1cc(C2CC(n3c(C#N)cc4c(C)c(CN5CCC(Nc6ncnc7sc(CC(F)(F)F)cc67)CC5)ccc43)C2)ccn1. The summed E-state index contributed by atoms with van der Waals surface area (Å²) in [7, 11) is 0. The summed E-state index contributed by atoms with van der Waals surface area (Å²) in [5.41, 5.74) is 5.25. The molecule has 7 rings (SSSR count). The Morgan fingerprint density at radius 2 is 1.92 bits per heavy atom. The molecule has 4 aromatic heterocycles. The number of aromatic nitrogens is 4. The smallest absolute Gasteiger partial charge is 0.367 e. The first-order valence-electron chi connectivity index (χ1n) is 16.3. The molecular weight excluding hydrogens is 650 g/mol. The molecule has 1 aliphatic carbocycles. The number of piperidine rings is 1. The molecule has 13 heteroatoms. The fourth-order valence-corrected chi connectivity index (χ4v) is 8.16. The summed E-state index contributed by atoms with van der Waals surface area (Å²) >= 11 is 1.06. The van der Waals surface area contributed by atoms with Crippen molar-refractivity contribution in [2.45, 2.75) is 69.8 Å². The van der Waals surface area contributed by atoms with Crippen LogP contribution in [0.3, 0.4) is 0 Å². The third-order valence-electron chi connectivity index (χ3n) is 9.77. The third kappa shape index (κ3) is 6.89. The highest BCUT2D eigenvalue weighted by molar-refractivity contribution is 7.18. The number of alkyl halides is 3. The highest BCUT2D eigenvalue weighted by Crippen LogP contribution is 2.47. The number of carbonyl (C=O) groups is 1. The first kappa shape index (κ1) is 32.7. The van der Waals surface area contributed by atoms with Crippen LogP contribution < -0.4 is 10.6 Å². The lowest BCUT2D eigenvalue weighted by molar-refractivity contribution is -0.126. The van der Waals surface area contributed by atoms with E-state index in [-0.39, 0.29) is 22.9 Å². The molecule has 1 saturated carbocycles. The number of nitrogens with zero attached hydrogens (tertiary/aromatic N) is 6. The average Bonchev–Trinajstić information content (AvgIpc) is 3.63. The van der Waals surface area contributed by atoms with Crippen molar-refractivity contribution < 1.29 is 18.0 Å². The molecule has 1 aliphatic heterocycles. The van der Waals surface area contributed by atoms with Gasteiger partial charge in [-0.1, -0.05) is 12.6 Å². The second kappa shape index (κ2) is 13.2. The molecule has 9 nitrogen and oxygen atoms in total. The molecule has 0 spiro atoms. The Morgan fingerprint density at radius 3 is 2.65 bits per heavy atom. The van der Waals surface area contributed by atoms with Crippen molar-refractivity contribution in [1.29, 1.82) is 5.26 Å². The van der Waals surface area contributed by atoms with Gasteiger partial charge in [0.1, 0.15) is 34.6 Å². The van der Waals surface area contributed by atoms with Crippen LogP contribution in [0.4, 0.5) is 24.8 Å². The van der Waals surface area contributed by atoms with Crippen LogP contribution in [0.1, 0.15) is 64.9 Å². The molecule has 0 unspecified atom stereocenters. The molecule has 1 amide bonds. The molecule has 0 atom stereocenters. The van der Waals surface area contributed by atoms with Crippen molar-refractivity contribution >= 4 is 50.0 Å². The van der Waals surface area contributed by atoms with Gasteiger partial charge >= 0.3 is 6.18 Å². The van der Waals surface area contributed by atoms with Gasteiger partial charge in [-0.15, -0.1) is 11.3 Å². The molecular formula is C36H35F3N8OS. The van der Waals surface area contributed by atoms with Gasteiger partial charge in [0.25, 0.3) is 0 Å². The van der Waals surface area contributed by atoms with Gasteiger partial charge in [-0.2, -0.15) is 18.4 Å². The normalized spacial score (nSPS) is 18.7. The van der Waals surface area contributed by atoms with Crippen molar-refractivity contribution in [1.82, 2.24) is 24.4 Å². The van der Waals surface area contributed by atoms with Gasteiger partial charge < -0.3 is 15.2 Å². The second-order valence-electron chi connectivity index (χ2n) is 12.9. The maximum atomic E-state index is 13.0. The van der Waals surface area contributed by atoms with Gasteiger partial charge in [0.05, 0.1) is 11.8 Å². The summed E-state index contributed by atoms with van der Waals surface area (Å²) in [5, 5.41) is 18.0. The Balaban J connectivity index is 0.991. The number of rotatable bonds is 9. The lowest BCUT2D eigenvalue weighted by Gasteiger charge is -2.38. The maximum absolute atomic E-state index is 13.0. The minimum Gasteiger partial charge on any atom is -0.367 e. The zero-order chi connectivity index (χ0) is 34.3. The molecule has 2 N–H and O–H groups in total. The zero-order valence-corrected chi connectivity index (χ0v) is 27.7. The summed E-state index contributed by atoms with van der Waals surface area (Å²) in [6, 6.07) is 14.6. The Morgan fingerprint density at radius 1 is 1.12 bits per heavy atom. The average molecular weight is 685 g/mol. The number of fused-ring (bicyclic) bond motifs is 2. The highest BCUT2D eigenvalue weighted by atomic mass is 32.1. The number of nitriles is 1. The molecule has 0 bridgehead atoms. The fraction of sp³-hybridized carbons (Fsp3) is 0.361. The number of halogens is 3. The number of hydrogen-bond donors (Lipinski definition) is 2. The van der Waals surface area contributed by atoms with Crippen molar-refractivity contribution in [3.8, 4) is 6.07 Å². The van der Waals surface area contributed by atoms with Crippen LogP contribution >= 0.6 is 11.3 Å². The number of amides is 1. The van der Waals surface area contributed by atoms with Gasteiger partial charge in [-0.05, 0) is 91.6 Å². The molecule has 1 aromatic carbocycles. The Kier molecular flexibility index (Phi) is 8.85. The predicted molar refractivity (Wildman–Crippen MR) is 185 cm³/mol. The van der Waals surface area contributed by atoms with Gasteiger partial charge in [0, 0.05) is 53.7 Å². The van der Waals surface area contributed by atoms with Crippen LogP contribution in [0, 0.1) is 18.3 Å². The molecule has 2 aliphatic rings. The van der Waals surface area contributed by atoms with Gasteiger partial charge in [-0.3, -0.25) is 9.69 Å². The van der Waals surface area contributed by atoms with Crippen LogP contribution in [0.15, 0.2) is 61.6 Å². The van der Waals surface area contributed by atoms with Crippen LogP contribution in [0.2, 0.25) is 0 Å². The predicted octanol–water partition coefficient (Wildman–Crippen LogP) is 7.65. The van der Waals surface area contributed by atoms with Crippen LogP contribution in [-0.4, -0.2) is 55.6 Å². The minimum atomic E-state index is -4.26. The molecule has 252 valence electrons. The monoisotopic (exact) mass is 684 g/mol. The highest BCUT2D eigenvalue weighted by Gasteiger charge is 2.34. The number of likely N-dealkylation sites (tertiary alicyclic amines) is 1. The topological polar surface area (TPSA) is 112 Å². The summed E-state index contributed by atoms with van der Waals surface area (Å²) in [6.07, 6.45) is 2.65. The van der Waals surface area contributed by atoms with Crippen molar-refractivity contribution in [2.24, 2.45) is 0 Å². The molecule has 0 radical (unpaired) electrons. The van der Waals surface area contributed by atoms with E-state index in [1.165, 1.54) is 23.5 Å². The summed E-state index contributed by atoms with van der Waals surface area (Å²) in [6.45, 7) is 8.16. The van der Waals surface area contributed by atoms with Crippen LogP contribution in [0.5, 0.6) is 0 Å². The molecule has 1 saturated heterocycles. The van der Waals surface area contributed by atoms with E-state index >= 15 is 0 Å². The number of anilines is 2. The fourth-order valence-electron chi connectivity index (χ4n) is 7.13. The number of hydrogen-bond acceptors (Lipinski definition) is 8. The van der Waals surface area contributed by atoms with E-state index in [0.29, 0.717) is 33.5 Å². The number of aryl methyl sites for hydroxylation is 1. The van der Waals surface area contributed by atoms with Gasteiger partial charge in [-0.25, -0.2) is 15.0 Å². The van der Waals surface area contributed by atoms with Crippen molar-refractivity contribution in [3.63, 3.8) is 0 Å². The molecule has 2 fully saturated rings. The van der Waals surface area contributed by atoms with Gasteiger partial charge in [0.15, 0.2) is 0 Å². The lowest BCUT2D eigenvalue weighted by Crippen LogP contribution is -2.39. The molecule has 5 heterocycles. The van der Waals surface area contributed by atoms with Gasteiger partial charge in [0.2, 0.25) is 5.91 Å². The van der Waals surface area contributed by atoms with Crippen molar-refractivity contribution in [2.75, 3.05) is 23.7 Å². The standard InChI is InChI=1S/C36H35F3N8OS/c1-3-33(48)45-32-14-22(6-9-41-32)24-12-26(13-24)47-27(18-40)15-29-21(2)23(4-5-31(29)47)19-46-10-7-25(8-11-46)44-34-30-16-28(17-36(37,38)39)49-35(30)43-20-42-34/h3-6,9,14-16,20,24-26H,1,7-8,10-13,17,19H2,2H3,(H,41,45,48)(H,42,43,44). The zero-order valence-electron chi connectivity index (χ0n) is 26.9. The van der Waals surface area contributed by atoms with E-state index in [1.807, 2.05) is 18.2 Å². The van der Waals surface area contributed by atoms with Crippen molar-refractivity contribution in [3.05, 3.63) is 88.8 Å². The number of thiophene rings is 1. The Hall–Kier alpha value is -4.80. The Labute approximate surface area is 285 Å². The minimum absolute atomic E-state index is 0.159. The van der Waals surface area contributed by atoms with E-state index in [4.69, 9.17) is 0 Å². The van der Waals surface area contributed by atoms with E-state index in [9.17, 15) is 23.2 Å². The largest absolute Gasteiger partial charge is 0.393 e.